The first-order valence-corrected chi connectivity index (χ1v) is 11.3. The van der Waals surface area contributed by atoms with E-state index in [0.29, 0.717) is 39.4 Å². The molecule has 2 atom stereocenters. The molecule has 0 fully saturated rings. The number of fused-ring (bicyclic) bond motifs is 1. The molecule has 2 aromatic carbocycles. The third-order valence-corrected chi connectivity index (χ3v) is 6.28. The van der Waals surface area contributed by atoms with E-state index < -0.39 is 6.04 Å². The number of benzene rings is 2. The summed E-state index contributed by atoms with van der Waals surface area (Å²) in [5, 5.41) is 14.9. The molecule has 1 aliphatic heterocycles. The molecule has 10 heteroatoms. The number of aromatic nitrogens is 2. The minimum Gasteiger partial charge on any atom is -0.497 e. The van der Waals surface area contributed by atoms with Gasteiger partial charge in [-0.05, 0) is 36.2 Å². The first kappa shape index (κ1) is 22.5. The van der Waals surface area contributed by atoms with Gasteiger partial charge in [-0.2, -0.15) is 0 Å². The Morgan fingerprint density at radius 2 is 1.97 bits per heavy atom. The maximum atomic E-state index is 13.1. The van der Waals surface area contributed by atoms with Crippen molar-refractivity contribution in [3.05, 3.63) is 48.0 Å². The van der Waals surface area contributed by atoms with Crippen molar-refractivity contribution in [3.63, 3.8) is 0 Å². The molecule has 2 amide bonds. The second-order valence-electron chi connectivity index (χ2n) is 7.54. The van der Waals surface area contributed by atoms with Crippen LogP contribution in [0.3, 0.4) is 0 Å². The highest BCUT2D eigenvalue weighted by atomic mass is 32.1. The number of amides is 2. The quantitative estimate of drug-likeness (QED) is 0.518. The fourth-order valence-corrected chi connectivity index (χ4v) is 4.04. The van der Waals surface area contributed by atoms with Crippen LogP contribution < -0.4 is 24.8 Å². The summed E-state index contributed by atoms with van der Waals surface area (Å²) in [4.78, 5) is 25.9. The highest BCUT2D eigenvalue weighted by Gasteiger charge is 2.28. The summed E-state index contributed by atoms with van der Waals surface area (Å²) in [5.41, 5.74) is 1.22. The Labute approximate surface area is 195 Å². The third-order valence-electron chi connectivity index (χ3n) is 5.39. The second-order valence-corrected chi connectivity index (χ2v) is 8.52. The van der Waals surface area contributed by atoms with Gasteiger partial charge in [-0.3, -0.25) is 14.9 Å². The van der Waals surface area contributed by atoms with Gasteiger partial charge in [0.1, 0.15) is 16.8 Å². The summed E-state index contributed by atoms with van der Waals surface area (Å²) in [6.07, 6.45) is 0.699. The van der Waals surface area contributed by atoms with Gasteiger partial charge in [0.05, 0.1) is 7.11 Å². The molecule has 1 aromatic heterocycles. The van der Waals surface area contributed by atoms with Crippen molar-refractivity contribution in [2.24, 2.45) is 5.92 Å². The monoisotopic (exact) mass is 468 g/mol. The Morgan fingerprint density at radius 1 is 1.15 bits per heavy atom. The number of rotatable bonds is 8. The second kappa shape index (κ2) is 9.86. The predicted molar refractivity (Wildman–Crippen MR) is 124 cm³/mol. The molecule has 3 aromatic rings. The molecule has 0 bridgehead atoms. The molecule has 2 heterocycles. The van der Waals surface area contributed by atoms with Gasteiger partial charge in [-0.25, -0.2) is 0 Å². The third kappa shape index (κ3) is 5.06. The molecule has 4 rings (SSSR count). The first-order chi connectivity index (χ1) is 16.0. The number of nitrogens with zero attached hydrogens (tertiary/aromatic N) is 2. The van der Waals surface area contributed by atoms with Gasteiger partial charge in [0.15, 0.2) is 11.5 Å². The predicted octanol–water partition coefficient (Wildman–Crippen LogP) is 3.73. The summed E-state index contributed by atoms with van der Waals surface area (Å²) >= 11 is 1.25. The number of carbonyl (C=O) groups excluding carboxylic acids is 2. The first-order valence-electron chi connectivity index (χ1n) is 10.5. The molecule has 33 heavy (non-hydrogen) atoms. The van der Waals surface area contributed by atoms with Crippen molar-refractivity contribution >= 4 is 28.3 Å². The molecule has 2 unspecified atom stereocenters. The van der Waals surface area contributed by atoms with Gasteiger partial charge in [0.2, 0.25) is 17.8 Å². The fourth-order valence-electron chi connectivity index (χ4n) is 3.29. The van der Waals surface area contributed by atoms with Crippen LogP contribution in [0.2, 0.25) is 0 Å². The average molecular weight is 469 g/mol. The van der Waals surface area contributed by atoms with Crippen molar-refractivity contribution in [3.8, 4) is 27.8 Å². The molecule has 0 spiro atoms. The average Bonchev–Trinajstić information content (AvgIpc) is 3.50. The molecule has 0 saturated heterocycles. The number of anilines is 1. The van der Waals surface area contributed by atoms with Crippen LogP contribution in [0, 0.1) is 5.92 Å². The van der Waals surface area contributed by atoms with Crippen LogP contribution in [0.5, 0.6) is 17.2 Å². The van der Waals surface area contributed by atoms with Crippen LogP contribution in [0.1, 0.15) is 30.6 Å². The van der Waals surface area contributed by atoms with Gasteiger partial charge in [-0.15, -0.1) is 10.2 Å². The number of methoxy groups -OCH3 is 1. The van der Waals surface area contributed by atoms with Gasteiger partial charge in [0.25, 0.3) is 5.91 Å². The number of hydrogen-bond acceptors (Lipinski definition) is 8. The van der Waals surface area contributed by atoms with Crippen molar-refractivity contribution < 1.29 is 23.8 Å². The summed E-state index contributed by atoms with van der Waals surface area (Å²) in [7, 11) is 1.60. The normalized spacial score (nSPS) is 13.8. The minimum absolute atomic E-state index is 0.103. The summed E-state index contributed by atoms with van der Waals surface area (Å²) in [6.45, 7) is 3.99. The van der Waals surface area contributed by atoms with Gasteiger partial charge >= 0.3 is 0 Å². The van der Waals surface area contributed by atoms with Crippen LogP contribution in [0.4, 0.5) is 5.13 Å². The lowest BCUT2D eigenvalue weighted by molar-refractivity contribution is -0.119. The number of nitrogens with one attached hydrogen (secondary N) is 2. The van der Waals surface area contributed by atoms with E-state index in [-0.39, 0.29) is 24.5 Å². The molecule has 0 saturated carbocycles. The molecule has 1 aliphatic rings. The zero-order valence-corrected chi connectivity index (χ0v) is 19.3. The van der Waals surface area contributed by atoms with E-state index in [1.54, 1.807) is 25.3 Å². The zero-order chi connectivity index (χ0) is 23.4. The maximum Gasteiger partial charge on any atom is 0.252 e. The van der Waals surface area contributed by atoms with Crippen molar-refractivity contribution in [1.29, 1.82) is 0 Å². The van der Waals surface area contributed by atoms with Crippen LogP contribution in [-0.4, -0.2) is 42.0 Å². The zero-order valence-electron chi connectivity index (χ0n) is 18.5. The largest absolute Gasteiger partial charge is 0.497 e. The van der Waals surface area contributed by atoms with Crippen LogP contribution >= 0.6 is 11.3 Å². The Balaban J connectivity index is 1.47. The lowest BCUT2D eigenvalue weighted by atomic mass is 9.98. The van der Waals surface area contributed by atoms with E-state index in [4.69, 9.17) is 14.2 Å². The molecule has 2 N–H and O–H groups in total. The number of hydrogen-bond donors (Lipinski definition) is 2. The van der Waals surface area contributed by atoms with E-state index in [2.05, 4.69) is 20.8 Å². The summed E-state index contributed by atoms with van der Waals surface area (Å²) < 4.78 is 15.9. The summed E-state index contributed by atoms with van der Waals surface area (Å²) in [6, 6.07) is 11.6. The molecule has 0 aliphatic carbocycles. The van der Waals surface area contributed by atoms with Crippen LogP contribution in [-0.2, 0) is 4.79 Å². The fraction of sp³-hybridized carbons (Fsp3) is 0.304. The number of carbonyl (C=O) groups is 2. The van der Waals surface area contributed by atoms with E-state index in [9.17, 15) is 9.59 Å². The molecular formula is C23H24N4O5S. The molecule has 172 valence electrons. The minimum atomic E-state index is -0.753. The smallest absolute Gasteiger partial charge is 0.252 e. The molecule has 9 nitrogen and oxygen atoms in total. The van der Waals surface area contributed by atoms with Crippen LogP contribution in [0.25, 0.3) is 10.6 Å². The van der Waals surface area contributed by atoms with E-state index in [1.807, 2.05) is 38.1 Å². The van der Waals surface area contributed by atoms with E-state index >= 15 is 0 Å². The lowest BCUT2D eigenvalue weighted by Crippen LogP contribution is -2.47. The molecular weight excluding hydrogens is 444 g/mol. The van der Waals surface area contributed by atoms with Crippen LogP contribution in [0.15, 0.2) is 42.5 Å². The van der Waals surface area contributed by atoms with Crippen molar-refractivity contribution in [1.82, 2.24) is 15.5 Å². The van der Waals surface area contributed by atoms with Crippen molar-refractivity contribution in [2.75, 3.05) is 19.2 Å². The lowest BCUT2D eigenvalue weighted by Gasteiger charge is -2.23. The number of ether oxygens (including phenoxy) is 3. The SMILES string of the molecule is CCC(C)C(NC(=O)c1ccc2c(c1)OCO2)C(=O)Nc1nnc(-c2cccc(OC)c2)s1. The Hall–Kier alpha value is -3.66. The van der Waals surface area contributed by atoms with Gasteiger partial charge < -0.3 is 19.5 Å². The highest BCUT2D eigenvalue weighted by Crippen LogP contribution is 2.33. The molecule has 0 radical (unpaired) electrons. The van der Waals surface area contributed by atoms with Gasteiger partial charge in [0, 0.05) is 11.1 Å². The summed E-state index contributed by atoms with van der Waals surface area (Å²) in [5.74, 6) is 0.969. The highest BCUT2D eigenvalue weighted by molar-refractivity contribution is 7.18. The van der Waals surface area contributed by atoms with E-state index in [1.165, 1.54) is 11.3 Å². The van der Waals surface area contributed by atoms with Gasteiger partial charge in [-0.1, -0.05) is 43.7 Å². The Kier molecular flexibility index (Phi) is 6.74. The maximum absolute atomic E-state index is 13.1. The Morgan fingerprint density at radius 3 is 2.76 bits per heavy atom. The Bertz CT molecular complexity index is 1170. The van der Waals surface area contributed by atoms with Crippen molar-refractivity contribution in [2.45, 2.75) is 26.3 Å². The topological polar surface area (TPSA) is 112 Å². The van der Waals surface area contributed by atoms with E-state index in [0.717, 1.165) is 5.56 Å². The standard InChI is InChI=1S/C23H24N4O5S/c1-4-13(2)19(24-20(28)14-8-9-17-18(11-14)32-12-31-17)21(29)25-23-27-26-22(33-23)15-6-5-7-16(10-15)30-3/h5-11,13,19H,4,12H2,1-3H3,(H,24,28)(H,25,27,29).